The molecule has 7 nitrogen and oxygen atoms in total. The van der Waals surface area contributed by atoms with Crippen LogP contribution < -0.4 is 15.8 Å². The Morgan fingerprint density at radius 3 is 2.39 bits per heavy atom. The van der Waals surface area contributed by atoms with Crippen LogP contribution in [0.4, 0.5) is 11.4 Å². The first-order valence-electron chi connectivity index (χ1n) is 9.63. The molecule has 1 amide bonds. The van der Waals surface area contributed by atoms with E-state index < -0.39 is 5.56 Å². The molecule has 1 N–H and O–H groups in total. The fourth-order valence-electron chi connectivity index (χ4n) is 3.43. The largest absolute Gasteiger partial charge is 0.372 e. The molecule has 1 saturated heterocycles. The molecular weight excluding hydrogens is 354 g/mol. The molecule has 3 rings (SSSR count). The lowest BCUT2D eigenvalue weighted by molar-refractivity contribution is -0.117. The average molecular weight is 379 g/mol. The van der Waals surface area contributed by atoms with Gasteiger partial charge in [-0.2, -0.15) is 10.4 Å². The van der Waals surface area contributed by atoms with Gasteiger partial charge in [0.25, 0.3) is 5.56 Å². The van der Waals surface area contributed by atoms with Crippen LogP contribution in [0.5, 0.6) is 0 Å². The van der Waals surface area contributed by atoms with E-state index in [0.29, 0.717) is 16.9 Å². The van der Waals surface area contributed by atoms with Crippen LogP contribution in [0, 0.1) is 25.2 Å². The minimum absolute atomic E-state index is 0.0297. The molecule has 28 heavy (non-hydrogen) atoms. The molecule has 7 heteroatoms. The number of nitrogens with zero attached hydrogens (tertiary/aromatic N) is 4. The highest BCUT2D eigenvalue weighted by atomic mass is 16.2. The third kappa shape index (κ3) is 4.39. The molecule has 0 bridgehead atoms. The van der Waals surface area contributed by atoms with Crippen LogP contribution in [-0.2, 0) is 11.3 Å². The second-order valence-electron chi connectivity index (χ2n) is 7.16. The number of nitriles is 1. The normalized spacial score (nSPS) is 14.2. The second-order valence-corrected chi connectivity index (χ2v) is 7.16. The zero-order chi connectivity index (χ0) is 20.1. The average Bonchev–Trinajstić information content (AvgIpc) is 2.97. The minimum atomic E-state index is -0.544. The fourth-order valence-corrected chi connectivity index (χ4v) is 3.43. The van der Waals surface area contributed by atoms with Gasteiger partial charge in [0.15, 0.2) is 0 Å². The van der Waals surface area contributed by atoms with Crippen molar-refractivity contribution in [2.45, 2.75) is 46.1 Å². The monoisotopic (exact) mass is 379 g/mol. The highest BCUT2D eigenvalue weighted by Crippen LogP contribution is 2.21. The van der Waals surface area contributed by atoms with Crippen LogP contribution in [0.1, 0.15) is 42.5 Å². The van der Waals surface area contributed by atoms with Crippen molar-refractivity contribution in [1.82, 2.24) is 9.78 Å². The maximum atomic E-state index is 12.4. The number of nitrogens with one attached hydrogen (secondary N) is 1. The van der Waals surface area contributed by atoms with E-state index >= 15 is 0 Å². The number of benzene rings is 1. The van der Waals surface area contributed by atoms with Gasteiger partial charge in [-0.3, -0.25) is 9.59 Å². The molecule has 0 aliphatic carbocycles. The smallest absolute Gasteiger partial charge is 0.285 e. The number of anilines is 2. The Morgan fingerprint density at radius 1 is 1.14 bits per heavy atom. The zero-order valence-electron chi connectivity index (χ0n) is 16.4. The third-order valence-corrected chi connectivity index (χ3v) is 5.16. The molecule has 1 fully saturated rings. The van der Waals surface area contributed by atoms with Crippen molar-refractivity contribution >= 4 is 17.3 Å². The van der Waals surface area contributed by atoms with Gasteiger partial charge in [0.05, 0.1) is 5.69 Å². The maximum absolute atomic E-state index is 12.4. The van der Waals surface area contributed by atoms with E-state index in [4.69, 9.17) is 0 Å². The van der Waals surface area contributed by atoms with Crippen molar-refractivity contribution in [3.05, 3.63) is 51.4 Å². The lowest BCUT2D eigenvalue weighted by Crippen LogP contribution is -2.32. The van der Waals surface area contributed by atoms with Crippen molar-refractivity contribution in [1.29, 1.82) is 5.26 Å². The van der Waals surface area contributed by atoms with Gasteiger partial charge in [-0.15, -0.1) is 0 Å². The molecule has 2 heterocycles. The number of aromatic nitrogens is 2. The molecule has 1 aromatic heterocycles. The Labute approximate surface area is 164 Å². The zero-order valence-corrected chi connectivity index (χ0v) is 16.4. The van der Waals surface area contributed by atoms with Crippen LogP contribution in [0.3, 0.4) is 0 Å². The lowest BCUT2D eigenvalue weighted by Gasteiger charge is -2.22. The Balaban J connectivity index is 1.68. The molecule has 1 aliphatic rings. The summed E-state index contributed by atoms with van der Waals surface area (Å²) in [6, 6.07) is 9.66. The van der Waals surface area contributed by atoms with Crippen molar-refractivity contribution in [3.8, 4) is 6.07 Å². The third-order valence-electron chi connectivity index (χ3n) is 5.16. The van der Waals surface area contributed by atoms with Crippen LogP contribution in [0.15, 0.2) is 29.1 Å². The van der Waals surface area contributed by atoms with Crippen LogP contribution in [0.2, 0.25) is 0 Å². The number of carbonyl (C=O) groups excluding carboxylic acids is 1. The summed E-state index contributed by atoms with van der Waals surface area (Å²) in [5.74, 6) is -0.357. The topological polar surface area (TPSA) is 91.0 Å². The maximum Gasteiger partial charge on any atom is 0.285 e. The first kappa shape index (κ1) is 19.6. The van der Waals surface area contributed by atoms with Crippen molar-refractivity contribution in [3.63, 3.8) is 0 Å². The van der Waals surface area contributed by atoms with Gasteiger partial charge in [-0.1, -0.05) is 12.8 Å². The molecule has 0 unspecified atom stereocenters. The highest BCUT2D eigenvalue weighted by Gasteiger charge is 2.14. The van der Waals surface area contributed by atoms with Gasteiger partial charge in [0, 0.05) is 24.5 Å². The molecule has 0 saturated carbocycles. The summed E-state index contributed by atoms with van der Waals surface area (Å²) in [7, 11) is 0. The van der Waals surface area contributed by atoms with Crippen molar-refractivity contribution in [2.75, 3.05) is 23.3 Å². The molecule has 0 atom stereocenters. The summed E-state index contributed by atoms with van der Waals surface area (Å²) in [5, 5.41) is 16.1. The summed E-state index contributed by atoms with van der Waals surface area (Å²) in [4.78, 5) is 27.0. The van der Waals surface area contributed by atoms with Gasteiger partial charge in [-0.05, 0) is 56.5 Å². The molecular formula is C21H25N5O2. The molecule has 0 radical (unpaired) electrons. The van der Waals surface area contributed by atoms with E-state index in [1.807, 2.05) is 30.3 Å². The summed E-state index contributed by atoms with van der Waals surface area (Å²) in [6.45, 7) is 5.29. The predicted molar refractivity (Wildman–Crippen MR) is 108 cm³/mol. The second kappa shape index (κ2) is 8.70. The summed E-state index contributed by atoms with van der Waals surface area (Å²) < 4.78 is 1.04. The number of aryl methyl sites for hydroxylation is 1. The molecule has 2 aromatic rings. The van der Waals surface area contributed by atoms with E-state index in [1.165, 1.54) is 25.7 Å². The van der Waals surface area contributed by atoms with Crippen molar-refractivity contribution in [2.24, 2.45) is 0 Å². The quantitative estimate of drug-likeness (QED) is 0.882. The number of hydrogen-bond acceptors (Lipinski definition) is 5. The van der Waals surface area contributed by atoms with Crippen LogP contribution >= 0.6 is 0 Å². The van der Waals surface area contributed by atoms with Gasteiger partial charge in [-0.25, -0.2) is 4.68 Å². The molecule has 146 valence electrons. The van der Waals surface area contributed by atoms with Gasteiger partial charge >= 0.3 is 0 Å². The van der Waals surface area contributed by atoms with E-state index in [0.717, 1.165) is 23.5 Å². The lowest BCUT2D eigenvalue weighted by atomic mass is 10.1. The Hall–Kier alpha value is -3.14. The Morgan fingerprint density at radius 2 is 1.79 bits per heavy atom. The van der Waals surface area contributed by atoms with Crippen LogP contribution in [-0.4, -0.2) is 28.8 Å². The standard InChI is InChI=1S/C21H25N5O2/c1-15-16(2)24-26(21(28)19(15)13-22)14-20(27)23-17-7-9-18(10-8-17)25-11-5-3-4-6-12-25/h7-10H,3-6,11-12,14H2,1-2H3,(H,23,27). The first-order chi connectivity index (χ1) is 13.5. The van der Waals surface area contributed by atoms with E-state index in [1.54, 1.807) is 13.8 Å². The predicted octanol–water partition coefficient (Wildman–Crippen LogP) is 2.75. The summed E-state index contributed by atoms with van der Waals surface area (Å²) in [5.41, 5.74) is 2.42. The van der Waals surface area contributed by atoms with E-state index in [9.17, 15) is 14.9 Å². The minimum Gasteiger partial charge on any atom is -0.372 e. The number of amides is 1. The van der Waals surface area contributed by atoms with Gasteiger partial charge in [0.1, 0.15) is 18.2 Å². The fraction of sp³-hybridized carbons (Fsp3) is 0.429. The first-order valence-corrected chi connectivity index (χ1v) is 9.63. The number of rotatable bonds is 4. The van der Waals surface area contributed by atoms with Crippen molar-refractivity contribution < 1.29 is 4.79 Å². The van der Waals surface area contributed by atoms with Gasteiger partial charge < -0.3 is 10.2 Å². The Bertz CT molecular complexity index is 948. The van der Waals surface area contributed by atoms with E-state index in [2.05, 4.69) is 15.3 Å². The Kier molecular flexibility index (Phi) is 6.09. The summed E-state index contributed by atoms with van der Waals surface area (Å²) >= 11 is 0. The number of hydrogen-bond donors (Lipinski definition) is 1. The SMILES string of the molecule is Cc1nn(CC(=O)Nc2ccc(N3CCCCCC3)cc2)c(=O)c(C#N)c1C. The summed E-state index contributed by atoms with van der Waals surface area (Å²) in [6.07, 6.45) is 4.98. The van der Waals surface area contributed by atoms with Gasteiger partial charge in [0.2, 0.25) is 5.91 Å². The van der Waals surface area contributed by atoms with Crippen LogP contribution in [0.25, 0.3) is 0 Å². The van der Waals surface area contributed by atoms with E-state index in [-0.39, 0.29) is 18.0 Å². The number of carbonyl (C=O) groups is 1. The molecule has 1 aliphatic heterocycles. The molecule has 1 aromatic carbocycles. The molecule has 0 spiro atoms. The highest BCUT2D eigenvalue weighted by molar-refractivity contribution is 5.90.